The summed E-state index contributed by atoms with van der Waals surface area (Å²) in [6.45, 7) is 0.964. The van der Waals surface area contributed by atoms with Gasteiger partial charge in [-0.2, -0.15) is 15.6 Å². The highest BCUT2D eigenvalue weighted by molar-refractivity contribution is 5.92. The van der Waals surface area contributed by atoms with E-state index in [4.69, 9.17) is 14.4 Å². The molecule has 0 fully saturated rings. The molecule has 6 aromatic heterocycles. The number of aryl methyl sites for hydroxylation is 1. The molecule has 4 amide bonds. The SMILES string of the molecule is CNC(=O)Nc1ccc(-c2cnc3c(NCc4ccco4)nc4cc(C#N)ccc4n23)cc1.CNC(=O)Nc1ccc(-c2cnc3c(NCc4ccnn4C)nc4cc(C#N)ccc4n23)cc1. The molecule has 0 spiro atoms. The van der Waals surface area contributed by atoms with E-state index in [0.717, 1.165) is 45.0 Å². The van der Waals surface area contributed by atoms with Crippen LogP contribution in [0.2, 0.25) is 0 Å². The van der Waals surface area contributed by atoms with Gasteiger partial charge in [0.1, 0.15) is 5.76 Å². The van der Waals surface area contributed by atoms with Crippen molar-refractivity contribution in [3.63, 3.8) is 0 Å². The van der Waals surface area contributed by atoms with E-state index in [0.29, 0.717) is 69.6 Å². The third-order valence-corrected chi connectivity index (χ3v) is 10.8. The summed E-state index contributed by atoms with van der Waals surface area (Å²) < 4.78 is 11.2. The molecule has 0 atom stereocenters. The zero-order valence-corrected chi connectivity index (χ0v) is 36.2. The van der Waals surface area contributed by atoms with E-state index in [-0.39, 0.29) is 12.1 Å². The molecule has 0 saturated carbocycles. The molecule has 0 aliphatic heterocycles. The predicted molar refractivity (Wildman–Crippen MR) is 254 cm³/mol. The molecule has 0 aliphatic carbocycles. The number of urea groups is 2. The van der Waals surface area contributed by atoms with Crippen molar-refractivity contribution in [1.29, 1.82) is 10.5 Å². The number of furan rings is 1. The molecule has 4 aromatic carbocycles. The van der Waals surface area contributed by atoms with Gasteiger partial charge in [-0.05, 0) is 78.9 Å². The number of nitrogens with zero attached hydrogens (tertiary/aromatic N) is 10. The van der Waals surface area contributed by atoms with Crippen molar-refractivity contribution in [2.75, 3.05) is 35.4 Å². The maximum atomic E-state index is 11.6. The second kappa shape index (κ2) is 18.5. The van der Waals surface area contributed by atoms with Crippen molar-refractivity contribution in [1.82, 2.24) is 49.2 Å². The Bertz CT molecular complexity index is 3520. The van der Waals surface area contributed by atoms with Gasteiger partial charge in [0.15, 0.2) is 22.9 Å². The molecule has 19 heteroatoms. The van der Waals surface area contributed by atoms with Crippen molar-refractivity contribution >= 4 is 68.4 Å². The molecular weight excluding hydrogens is 849 g/mol. The van der Waals surface area contributed by atoms with Crippen molar-refractivity contribution in [3.05, 3.63) is 151 Å². The average molecular weight is 889 g/mol. The summed E-state index contributed by atoms with van der Waals surface area (Å²) in [6.07, 6.45) is 6.95. The number of aromatic nitrogens is 8. The summed E-state index contributed by atoms with van der Waals surface area (Å²) in [5.41, 5.74) is 11.3. The minimum absolute atomic E-state index is 0.281. The summed E-state index contributed by atoms with van der Waals surface area (Å²) in [7, 11) is 5.02. The zero-order chi connectivity index (χ0) is 46.4. The van der Waals surface area contributed by atoms with Crippen LogP contribution in [0.5, 0.6) is 0 Å². The van der Waals surface area contributed by atoms with Gasteiger partial charge in [0.25, 0.3) is 0 Å². The molecule has 10 rings (SSSR count). The van der Waals surface area contributed by atoms with Gasteiger partial charge in [-0.3, -0.25) is 13.5 Å². The first kappa shape index (κ1) is 42.5. The summed E-state index contributed by atoms with van der Waals surface area (Å²) in [4.78, 5) is 42.0. The van der Waals surface area contributed by atoms with E-state index in [1.807, 2.05) is 94.7 Å². The standard InChI is InChI=1S/C24H21N9O.C24H19N7O2/c1-26-24(34)30-17-6-4-16(5-7-17)21-14-28-23-22(27-13-18-9-10-29-32(18)2)31-19-11-15(12-25)3-8-20(19)33(21)23;1-26-24(32)29-17-7-5-16(6-8-17)21-14-28-23-22(27-13-18-3-2-10-33-18)30-19-11-15(12-25)4-9-20(19)31(21)23/h3-11,14H,13H2,1-2H3,(H,27,31)(H2,26,30,34);2-11,14H,13H2,1H3,(H,27,30)(H2,26,29,32). The highest BCUT2D eigenvalue weighted by Gasteiger charge is 2.18. The fourth-order valence-corrected chi connectivity index (χ4v) is 7.42. The van der Waals surface area contributed by atoms with Crippen LogP contribution < -0.4 is 31.9 Å². The van der Waals surface area contributed by atoms with Crippen molar-refractivity contribution in [2.24, 2.45) is 7.05 Å². The van der Waals surface area contributed by atoms with Gasteiger partial charge < -0.3 is 36.3 Å². The topological polar surface area (TPSA) is 245 Å². The maximum absolute atomic E-state index is 11.6. The van der Waals surface area contributed by atoms with E-state index in [2.05, 4.69) is 59.1 Å². The third-order valence-electron chi connectivity index (χ3n) is 10.8. The predicted octanol–water partition coefficient (Wildman–Crippen LogP) is 7.90. The maximum Gasteiger partial charge on any atom is 0.318 e. The molecule has 19 nitrogen and oxygen atoms in total. The minimum Gasteiger partial charge on any atom is -0.467 e. The Balaban J connectivity index is 0.000000168. The van der Waals surface area contributed by atoms with Crippen LogP contribution >= 0.6 is 0 Å². The second-order valence-corrected chi connectivity index (χ2v) is 15.0. The van der Waals surface area contributed by atoms with E-state index in [1.165, 1.54) is 0 Å². The average Bonchev–Trinajstić information content (AvgIpc) is 4.21. The Hall–Kier alpha value is -9.75. The second-order valence-electron chi connectivity index (χ2n) is 15.0. The summed E-state index contributed by atoms with van der Waals surface area (Å²) >= 11 is 0. The van der Waals surface area contributed by atoms with E-state index in [1.54, 1.807) is 67.9 Å². The molecule has 0 aliphatic rings. The van der Waals surface area contributed by atoms with Crippen LogP contribution in [-0.4, -0.2) is 64.7 Å². The highest BCUT2D eigenvalue weighted by atomic mass is 16.3. The van der Waals surface area contributed by atoms with Gasteiger partial charge in [0, 0.05) is 49.8 Å². The number of carbonyl (C=O) groups excluding carboxylic acids is 2. The first-order valence-corrected chi connectivity index (χ1v) is 20.8. The van der Waals surface area contributed by atoms with Gasteiger partial charge >= 0.3 is 12.1 Å². The number of anilines is 4. The van der Waals surface area contributed by atoms with Crippen LogP contribution in [0.25, 0.3) is 55.9 Å². The van der Waals surface area contributed by atoms with Crippen molar-refractivity contribution in [3.8, 4) is 34.7 Å². The smallest absolute Gasteiger partial charge is 0.318 e. The Kier molecular flexibility index (Phi) is 11.8. The van der Waals surface area contributed by atoms with E-state index in [9.17, 15) is 20.1 Å². The lowest BCUT2D eigenvalue weighted by molar-refractivity contribution is 0.253. The number of nitriles is 2. The van der Waals surface area contributed by atoms with Gasteiger partial charge in [-0.25, -0.2) is 29.5 Å². The number of rotatable bonds is 10. The molecule has 6 heterocycles. The number of amides is 4. The molecule has 0 bridgehead atoms. The molecule has 330 valence electrons. The van der Waals surface area contributed by atoms with Gasteiger partial charge in [0.2, 0.25) is 0 Å². The minimum atomic E-state index is -0.282. The number of imidazole rings is 2. The first-order valence-electron chi connectivity index (χ1n) is 20.8. The number of fused-ring (bicyclic) bond motifs is 6. The van der Waals surface area contributed by atoms with Crippen LogP contribution in [0.3, 0.4) is 0 Å². The van der Waals surface area contributed by atoms with Crippen molar-refractivity contribution < 1.29 is 14.0 Å². The first-order chi connectivity index (χ1) is 32.7. The largest absolute Gasteiger partial charge is 0.467 e. The monoisotopic (exact) mass is 888 g/mol. The van der Waals surface area contributed by atoms with Crippen LogP contribution in [0.1, 0.15) is 22.6 Å². The summed E-state index contributed by atoms with van der Waals surface area (Å²) in [6, 6.07) is 35.3. The fourth-order valence-electron chi connectivity index (χ4n) is 7.42. The van der Waals surface area contributed by atoms with Crippen molar-refractivity contribution in [2.45, 2.75) is 13.1 Å². The summed E-state index contributed by atoms with van der Waals surface area (Å²) in [5.74, 6) is 1.96. The molecule has 10 aromatic rings. The lowest BCUT2D eigenvalue weighted by atomic mass is 10.1. The number of hydrogen-bond acceptors (Lipinski definition) is 12. The Labute approximate surface area is 381 Å². The van der Waals surface area contributed by atoms with Crippen LogP contribution in [0.15, 0.2) is 132 Å². The molecule has 0 saturated heterocycles. The molecule has 67 heavy (non-hydrogen) atoms. The lowest BCUT2D eigenvalue weighted by Crippen LogP contribution is -2.24. The summed E-state index contributed by atoms with van der Waals surface area (Å²) in [5, 5.41) is 40.2. The lowest BCUT2D eigenvalue weighted by Gasteiger charge is -2.12. The Morgan fingerprint density at radius 3 is 1.60 bits per heavy atom. The quantitative estimate of drug-likeness (QED) is 0.0768. The number of nitrogens with one attached hydrogen (secondary N) is 6. The number of hydrogen-bond donors (Lipinski definition) is 6. The van der Waals surface area contributed by atoms with Crippen LogP contribution in [-0.2, 0) is 20.1 Å². The molecule has 6 N–H and O–H groups in total. The third kappa shape index (κ3) is 8.79. The van der Waals surface area contributed by atoms with Gasteiger partial charge in [0.05, 0.1) is 94.2 Å². The van der Waals surface area contributed by atoms with Gasteiger partial charge in [-0.1, -0.05) is 24.3 Å². The number of benzene rings is 4. The van der Waals surface area contributed by atoms with E-state index >= 15 is 0 Å². The molecule has 0 radical (unpaired) electrons. The molecule has 0 unspecified atom stereocenters. The normalized spacial score (nSPS) is 10.8. The number of carbonyl (C=O) groups is 2. The fraction of sp³-hybridized carbons (Fsp3) is 0.104. The Morgan fingerprint density at radius 2 is 1.16 bits per heavy atom. The Morgan fingerprint density at radius 1 is 0.657 bits per heavy atom. The van der Waals surface area contributed by atoms with Crippen LogP contribution in [0, 0.1) is 22.7 Å². The van der Waals surface area contributed by atoms with E-state index < -0.39 is 0 Å². The highest BCUT2D eigenvalue weighted by Crippen LogP contribution is 2.32. The van der Waals surface area contributed by atoms with Crippen LogP contribution in [0.4, 0.5) is 32.6 Å². The zero-order valence-electron chi connectivity index (χ0n) is 36.2. The molecular formula is C48H40N16O3. The van der Waals surface area contributed by atoms with Gasteiger partial charge in [-0.15, -0.1) is 0 Å².